The molecule has 3 fully saturated rings. The molecule has 0 saturated heterocycles. The van der Waals surface area contributed by atoms with Gasteiger partial charge in [-0.05, 0) is 71.4 Å². The number of rotatable bonds is 7. The van der Waals surface area contributed by atoms with Gasteiger partial charge in [-0.3, -0.25) is 4.79 Å². The van der Waals surface area contributed by atoms with E-state index in [1.54, 1.807) is 6.07 Å². The third-order valence-electron chi connectivity index (χ3n) is 7.47. The summed E-state index contributed by atoms with van der Waals surface area (Å²) in [5.41, 5.74) is 8.44. The molecule has 29 heavy (non-hydrogen) atoms. The molecular weight excluding hydrogens is 360 g/mol. The highest BCUT2D eigenvalue weighted by atomic mass is 16.5. The normalized spacial score (nSPS) is 27.1. The van der Waals surface area contributed by atoms with Crippen LogP contribution in [-0.4, -0.2) is 25.1 Å². The third-order valence-corrected chi connectivity index (χ3v) is 7.47. The van der Waals surface area contributed by atoms with E-state index < -0.39 is 5.91 Å². The molecule has 2 bridgehead atoms. The molecule has 0 radical (unpaired) electrons. The van der Waals surface area contributed by atoms with E-state index in [1.807, 2.05) is 42.5 Å². The van der Waals surface area contributed by atoms with Gasteiger partial charge in [0.05, 0.1) is 0 Å². The number of amides is 1. The van der Waals surface area contributed by atoms with E-state index in [4.69, 9.17) is 10.5 Å². The van der Waals surface area contributed by atoms with Crippen LogP contribution < -0.4 is 15.8 Å². The largest absolute Gasteiger partial charge is 0.492 e. The van der Waals surface area contributed by atoms with Crippen molar-refractivity contribution >= 4 is 5.91 Å². The molecular formula is C25H32N2O2. The second-order valence-corrected chi connectivity index (χ2v) is 9.33. The molecule has 3 N–H and O–H groups in total. The minimum atomic E-state index is -0.410. The number of hydrogen-bond acceptors (Lipinski definition) is 3. The molecule has 4 heteroatoms. The lowest BCUT2D eigenvalue weighted by Crippen LogP contribution is -2.60. The highest BCUT2D eigenvalue weighted by Gasteiger charge is 2.55. The van der Waals surface area contributed by atoms with Gasteiger partial charge in [-0.1, -0.05) is 45.0 Å². The number of carbonyl (C=O) groups is 1. The molecule has 0 spiro atoms. The van der Waals surface area contributed by atoms with Crippen molar-refractivity contribution in [1.29, 1.82) is 0 Å². The van der Waals surface area contributed by atoms with Gasteiger partial charge in [-0.2, -0.15) is 0 Å². The standard InChI is InChI=1S/C25H32N2O2/c1-16-22-14-20(25(22,2)3)15-23(16)27-11-12-29-21-9-7-17(8-10-21)18-5-4-6-19(13-18)24(26)28/h4-10,13,16,20,22-23,27H,11-12,14-15H2,1-3H3,(H2,26,28)/t16-,20-,22+,23-/m1/s1. The van der Waals surface area contributed by atoms with Gasteiger partial charge in [-0.25, -0.2) is 0 Å². The van der Waals surface area contributed by atoms with Crippen molar-refractivity contribution in [2.45, 2.75) is 39.7 Å². The first-order valence-electron chi connectivity index (χ1n) is 10.7. The Bertz CT molecular complexity index is 875. The van der Waals surface area contributed by atoms with Gasteiger partial charge in [0, 0.05) is 18.2 Å². The summed E-state index contributed by atoms with van der Waals surface area (Å²) in [7, 11) is 0. The van der Waals surface area contributed by atoms with E-state index in [2.05, 4.69) is 26.1 Å². The van der Waals surface area contributed by atoms with Crippen LogP contribution in [0.1, 0.15) is 44.0 Å². The van der Waals surface area contributed by atoms with Crippen molar-refractivity contribution in [3.05, 3.63) is 54.1 Å². The number of carbonyl (C=O) groups excluding carboxylic acids is 1. The minimum Gasteiger partial charge on any atom is -0.492 e. The Balaban J connectivity index is 1.26. The fraction of sp³-hybridized carbons (Fsp3) is 0.480. The summed E-state index contributed by atoms with van der Waals surface area (Å²) >= 11 is 0. The second-order valence-electron chi connectivity index (χ2n) is 9.33. The highest BCUT2D eigenvalue weighted by molar-refractivity contribution is 5.94. The van der Waals surface area contributed by atoms with Crippen LogP contribution in [-0.2, 0) is 0 Å². The molecule has 154 valence electrons. The Morgan fingerprint density at radius 2 is 1.90 bits per heavy atom. The van der Waals surface area contributed by atoms with Crippen LogP contribution in [0, 0.1) is 23.2 Å². The number of ether oxygens (including phenoxy) is 1. The molecule has 0 heterocycles. The van der Waals surface area contributed by atoms with Crippen LogP contribution in [0.25, 0.3) is 11.1 Å². The van der Waals surface area contributed by atoms with Gasteiger partial charge in [0.25, 0.3) is 0 Å². The minimum absolute atomic E-state index is 0.410. The van der Waals surface area contributed by atoms with Crippen LogP contribution in [0.3, 0.4) is 0 Å². The predicted molar refractivity (Wildman–Crippen MR) is 117 cm³/mol. The van der Waals surface area contributed by atoms with Crippen molar-refractivity contribution in [3.8, 4) is 16.9 Å². The van der Waals surface area contributed by atoms with E-state index in [-0.39, 0.29) is 0 Å². The van der Waals surface area contributed by atoms with Gasteiger partial charge in [-0.15, -0.1) is 0 Å². The number of nitrogens with one attached hydrogen (secondary N) is 1. The topological polar surface area (TPSA) is 64.3 Å². The van der Waals surface area contributed by atoms with Gasteiger partial charge in [0.2, 0.25) is 5.91 Å². The quantitative estimate of drug-likeness (QED) is 0.682. The average Bonchev–Trinajstić information content (AvgIpc) is 2.72. The van der Waals surface area contributed by atoms with E-state index in [1.165, 1.54) is 12.8 Å². The fourth-order valence-electron chi connectivity index (χ4n) is 5.43. The Hall–Kier alpha value is -2.33. The predicted octanol–water partition coefficient (Wildman–Crippen LogP) is 4.49. The molecule has 3 saturated carbocycles. The number of nitrogens with two attached hydrogens (primary N) is 1. The second kappa shape index (κ2) is 7.83. The molecule has 4 nitrogen and oxygen atoms in total. The average molecular weight is 393 g/mol. The first kappa shape index (κ1) is 20.0. The van der Waals surface area contributed by atoms with Crippen LogP contribution >= 0.6 is 0 Å². The SMILES string of the molecule is C[C@H]1[C@H](NCCOc2ccc(-c3cccc(C(N)=O)c3)cc2)C[C@H]2C[C@@H]1C2(C)C. The Kier molecular flexibility index (Phi) is 5.39. The lowest BCUT2D eigenvalue weighted by atomic mass is 9.45. The summed E-state index contributed by atoms with van der Waals surface area (Å²) in [4.78, 5) is 11.4. The van der Waals surface area contributed by atoms with Crippen molar-refractivity contribution in [2.75, 3.05) is 13.2 Å². The van der Waals surface area contributed by atoms with Crippen LogP contribution in [0.15, 0.2) is 48.5 Å². The highest BCUT2D eigenvalue weighted by Crippen LogP contribution is 2.61. The van der Waals surface area contributed by atoms with Crippen molar-refractivity contribution in [3.63, 3.8) is 0 Å². The summed E-state index contributed by atoms with van der Waals surface area (Å²) in [5, 5.41) is 3.73. The van der Waals surface area contributed by atoms with E-state index in [0.717, 1.165) is 41.2 Å². The molecule has 3 aliphatic carbocycles. The Labute approximate surface area is 173 Å². The molecule has 4 atom stereocenters. The van der Waals surface area contributed by atoms with Crippen LogP contribution in [0.5, 0.6) is 5.75 Å². The summed E-state index contributed by atoms with van der Waals surface area (Å²) in [5.74, 6) is 2.93. The van der Waals surface area contributed by atoms with Gasteiger partial charge in [0.1, 0.15) is 12.4 Å². The zero-order chi connectivity index (χ0) is 20.6. The summed E-state index contributed by atoms with van der Waals surface area (Å²) in [6.07, 6.45) is 2.71. The Morgan fingerprint density at radius 1 is 1.14 bits per heavy atom. The Morgan fingerprint density at radius 3 is 2.55 bits per heavy atom. The molecule has 5 rings (SSSR count). The summed E-state index contributed by atoms with van der Waals surface area (Å²) in [6, 6.07) is 16.0. The molecule has 0 aliphatic heterocycles. The molecule has 0 unspecified atom stereocenters. The van der Waals surface area contributed by atoms with Crippen LogP contribution in [0.2, 0.25) is 0 Å². The fourth-order valence-corrected chi connectivity index (χ4v) is 5.43. The molecule has 2 aromatic carbocycles. The molecule has 0 aromatic heterocycles. The van der Waals surface area contributed by atoms with Gasteiger partial charge >= 0.3 is 0 Å². The molecule has 1 amide bonds. The maximum Gasteiger partial charge on any atom is 0.248 e. The lowest BCUT2D eigenvalue weighted by Gasteiger charge is -2.62. The number of benzene rings is 2. The maximum atomic E-state index is 11.4. The first-order chi connectivity index (χ1) is 13.9. The van der Waals surface area contributed by atoms with Gasteiger partial charge < -0.3 is 15.8 Å². The van der Waals surface area contributed by atoms with E-state index in [9.17, 15) is 4.79 Å². The molecule has 3 aliphatic rings. The zero-order valence-corrected chi connectivity index (χ0v) is 17.7. The number of primary amides is 1. The zero-order valence-electron chi connectivity index (χ0n) is 17.7. The summed E-state index contributed by atoms with van der Waals surface area (Å²) < 4.78 is 5.93. The van der Waals surface area contributed by atoms with Crippen molar-refractivity contribution in [1.82, 2.24) is 5.32 Å². The lowest BCUT2D eigenvalue weighted by molar-refractivity contribution is -0.115. The monoisotopic (exact) mass is 392 g/mol. The maximum absolute atomic E-state index is 11.4. The van der Waals surface area contributed by atoms with Crippen molar-refractivity contribution in [2.24, 2.45) is 28.9 Å². The summed E-state index contributed by atoms with van der Waals surface area (Å²) in [6.45, 7) is 8.83. The first-order valence-corrected chi connectivity index (χ1v) is 10.7. The third kappa shape index (κ3) is 3.91. The van der Waals surface area contributed by atoms with Crippen molar-refractivity contribution < 1.29 is 9.53 Å². The number of hydrogen-bond donors (Lipinski definition) is 2. The van der Waals surface area contributed by atoms with Crippen LogP contribution in [0.4, 0.5) is 0 Å². The van der Waals surface area contributed by atoms with Gasteiger partial charge in [0.15, 0.2) is 0 Å². The van der Waals surface area contributed by atoms with E-state index >= 15 is 0 Å². The number of fused-ring (bicyclic) bond motifs is 2. The molecule has 2 aromatic rings. The van der Waals surface area contributed by atoms with E-state index in [0.29, 0.717) is 23.6 Å². The smallest absolute Gasteiger partial charge is 0.248 e.